The van der Waals surface area contributed by atoms with Crippen molar-refractivity contribution < 1.29 is 18.3 Å². The molecular weight excluding hydrogens is 335 g/mol. The predicted octanol–water partition coefficient (Wildman–Crippen LogP) is 3.72. The molecule has 0 bridgehead atoms. The van der Waals surface area contributed by atoms with Gasteiger partial charge in [-0.2, -0.15) is 0 Å². The van der Waals surface area contributed by atoms with Crippen molar-refractivity contribution in [3.63, 3.8) is 0 Å². The van der Waals surface area contributed by atoms with Crippen molar-refractivity contribution in [3.8, 4) is 11.1 Å². The van der Waals surface area contributed by atoms with Crippen molar-refractivity contribution in [3.05, 3.63) is 53.6 Å². The molecule has 110 valence electrons. The van der Waals surface area contributed by atoms with Gasteiger partial charge in [-0.25, -0.2) is 13.2 Å². The number of halogens is 2. The Morgan fingerprint density at radius 3 is 2.19 bits per heavy atom. The second-order valence-electron chi connectivity index (χ2n) is 4.28. The average molecular weight is 345 g/mol. The molecule has 4 nitrogen and oxygen atoms in total. The third-order valence-corrected chi connectivity index (χ3v) is 4.58. The van der Waals surface area contributed by atoms with E-state index in [9.17, 15) is 18.3 Å². The van der Waals surface area contributed by atoms with Crippen molar-refractivity contribution in [2.24, 2.45) is 0 Å². The molecule has 2 rings (SSSR count). The van der Waals surface area contributed by atoms with E-state index in [1.165, 1.54) is 18.2 Å². The van der Waals surface area contributed by atoms with Crippen LogP contribution in [0.4, 0.5) is 0 Å². The molecule has 21 heavy (non-hydrogen) atoms. The molecule has 0 saturated carbocycles. The maximum atomic E-state index is 11.4. The van der Waals surface area contributed by atoms with Crippen LogP contribution in [0.1, 0.15) is 15.9 Å². The van der Waals surface area contributed by atoms with E-state index in [1.54, 1.807) is 24.3 Å². The van der Waals surface area contributed by atoms with E-state index >= 15 is 0 Å². The first kappa shape index (κ1) is 15.8. The molecule has 0 atom stereocenters. The minimum atomic E-state index is -3.93. The first-order chi connectivity index (χ1) is 9.82. The van der Waals surface area contributed by atoms with Crippen molar-refractivity contribution in [2.45, 2.75) is 10.8 Å². The van der Waals surface area contributed by atoms with E-state index < -0.39 is 15.0 Å². The summed E-state index contributed by atoms with van der Waals surface area (Å²) in [6.07, 6.45) is 0. The zero-order chi connectivity index (χ0) is 15.6. The molecule has 0 unspecified atom stereocenters. The third-order valence-electron chi connectivity index (χ3n) is 2.92. The van der Waals surface area contributed by atoms with Crippen LogP contribution in [0.5, 0.6) is 0 Å². The summed E-state index contributed by atoms with van der Waals surface area (Å²) in [5.74, 6) is -0.813. The number of carboxylic acid groups (broad SMARTS) is 1. The summed E-state index contributed by atoms with van der Waals surface area (Å²) in [5, 5.41) is 9.22. The highest BCUT2D eigenvalue weighted by molar-refractivity contribution is 8.13. The third kappa shape index (κ3) is 3.56. The van der Waals surface area contributed by atoms with Gasteiger partial charge < -0.3 is 5.11 Å². The van der Waals surface area contributed by atoms with Crippen molar-refractivity contribution in [2.75, 3.05) is 0 Å². The van der Waals surface area contributed by atoms with Crippen LogP contribution in [-0.2, 0) is 14.9 Å². The second kappa shape index (κ2) is 6.05. The van der Waals surface area contributed by atoms with Crippen LogP contribution in [0, 0.1) is 0 Å². The quantitative estimate of drug-likeness (QED) is 0.677. The Bertz CT molecular complexity index is 783. The Labute approximate surface area is 131 Å². The van der Waals surface area contributed by atoms with Gasteiger partial charge in [0.25, 0.3) is 9.05 Å². The molecule has 2 aromatic carbocycles. The fourth-order valence-corrected chi connectivity index (χ4v) is 2.83. The lowest BCUT2D eigenvalue weighted by atomic mass is 9.99. The molecule has 0 fully saturated rings. The fourth-order valence-electron chi connectivity index (χ4n) is 1.87. The van der Waals surface area contributed by atoms with Crippen LogP contribution in [0.3, 0.4) is 0 Å². The van der Waals surface area contributed by atoms with Gasteiger partial charge in [0.05, 0.1) is 10.5 Å². The van der Waals surface area contributed by atoms with Gasteiger partial charge in [-0.15, -0.1) is 11.6 Å². The molecule has 0 heterocycles. The molecular formula is C14H10Cl2O4S. The molecule has 1 N–H and O–H groups in total. The average Bonchev–Trinajstić information content (AvgIpc) is 2.45. The number of alkyl halides is 1. The van der Waals surface area contributed by atoms with E-state index in [-0.39, 0.29) is 16.0 Å². The van der Waals surface area contributed by atoms with Gasteiger partial charge in [0.15, 0.2) is 0 Å². The van der Waals surface area contributed by atoms with Gasteiger partial charge in [-0.1, -0.05) is 24.3 Å². The molecule has 0 aliphatic carbocycles. The van der Waals surface area contributed by atoms with Gasteiger partial charge in [-0.3, -0.25) is 0 Å². The van der Waals surface area contributed by atoms with Gasteiger partial charge in [0, 0.05) is 16.6 Å². The summed E-state index contributed by atoms with van der Waals surface area (Å²) in [4.78, 5) is 11.1. The molecule has 0 saturated heterocycles. The molecule has 0 amide bonds. The van der Waals surface area contributed by atoms with Gasteiger partial charge >= 0.3 is 5.97 Å². The van der Waals surface area contributed by atoms with Gasteiger partial charge in [0.2, 0.25) is 0 Å². The number of carbonyl (C=O) groups is 1. The van der Waals surface area contributed by atoms with E-state index in [2.05, 4.69) is 0 Å². The second-order valence-corrected chi connectivity index (χ2v) is 7.11. The largest absolute Gasteiger partial charge is 0.478 e. The van der Waals surface area contributed by atoms with Gasteiger partial charge in [-0.05, 0) is 34.9 Å². The molecule has 0 aliphatic heterocycles. The zero-order valence-electron chi connectivity index (χ0n) is 10.6. The van der Waals surface area contributed by atoms with E-state index in [1.807, 2.05) is 0 Å². The highest BCUT2D eigenvalue weighted by atomic mass is 35.7. The molecule has 7 heteroatoms. The van der Waals surface area contributed by atoms with E-state index in [0.29, 0.717) is 11.4 Å². The maximum Gasteiger partial charge on any atom is 0.336 e. The Morgan fingerprint density at radius 2 is 1.71 bits per heavy atom. The van der Waals surface area contributed by atoms with Crippen molar-refractivity contribution in [1.29, 1.82) is 0 Å². The van der Waals surface area contributed by atoms with Crippen LogP contribution >= 0.6 is 22.3 Å². The summed E-state index contributed by atoms with van der Waals surface area (Å²) < 4.78 is 22.8. The number of rotatable bonds is 4. The minimum absolute atomic E-state index is 0.00214. The first-order valence-corrected chi connectivity index (χ1v) is 8.64. The monoisotopic (exact) mass is 344 g/mol. The Hall–Kier alpha value is -1.56. The lowest BCUT2D eigenvalue weighted by Gasteiger charge is -2.09. The van der Waals surface area contributed by atoms with Crippen LogP contribution in [0.15, 0.2) is 47.4 Å². The minimum Gasteiger partial charge on any atom is -0.478 e. The van der Waals surface area contributed by atoms with Crippen molar-refractivity contribution >= 4 is 37.3 Å². The van der Waals surface area contributed by atoms with Crippen LogP contribution in [-0.4, -0.2) is 19.5 Å². The lowest BCUT2D eigenvalue weighted by Crippen LogP contribution is -2.02. The Balaban J connectivity index is 2.65. The predicted molar refractivity (Wildman–Crippen MR) is 81.4 cm³/mol. The number of carboxylic acids is 1. The highest BCUT2D eigenvalue weighted by Gasteiger charge is 2.17. The van der Waals surface area contributed by atoms with Crippen LogP contribution in [0.25, 0.3) is 11.1 Å². The highest BCUT2D eigenvalue weighted by Crippen LogP contribution is 2.28. The molecule has 0 aliphatic rings. The zero-order valence-corrected chi connectivity index (χ0v) is 12.9. The number of aromatic carboxylic acids is 1. The summed E-state index contributed by atoms with van der Waals surface area (Å²) in [6, 6.07) is 10.5. The summed E-state index contributed by atoms with van der Waals surface area (Å²) in [6.45, 7) is 0. The lowest BCUT2D eigenvalue weighted by molar-refractivity contribution is 0.0697. The normalized spacial score (nSPS) is 11.3. The Morgan fingerprint density at radius 1 is 1.10 bits per heavy atom. The first-order valence-electron chi connectivity index (χ1n) is 5.80. The Kier molecular flexibility index (Phi) is 4.56. The maximum absolute atomic E-state index is 11.4. The number of benzene rings is 2. The molecule has 0 radical (unpaired) electrons. The topological polar surface area (TPSA) is 71.4 Å². The summed E-state index contributed by atoms with van der Waals surface area (Å²) in [7, 11) is 1.37. The van der Waals surface area contributed by atoms with Crippen LogP contribution < -0.4 is 0 Å². The standard InChI is InChI=1S/C14H10Cl2O4S/c15-8-9-1-3-10(4-2-9)13-7-11(21(16,19)20)5-6-12(13)14(17)18/h1-7H,8H2,(H,17,18). The molecule has 0 aromatic heterocycles. The van der Waals surface area contributed by atoms with Crippen LogP contribution in [0.2, 0.25) is 0 Å². The number of hydrogen-bond acceptors (Lipinski definition) is 3. The van der Waals surface area contributed by atoms with Gasteiger partial charge in [0.1, 0.15) is 0 Å². The summed E-state index contributed by atoms with van der Waals surface area (Å²) in [5.41, 5.74) is 1.73. The SMILES string of the molecule is O=C(O)c1ccc(S(=O)(=O)Cl)cc1-c1ccc(CCl)cc1. The van der Waals surface area contributed by atoms with Crippen molar-refractivity contribution in [1.82, 2.24) is 0 Å². The smallest absolute Gasteiger partial charge is 0.336 e. The number of hydrogen-bond donors (Lipinski definition) is 1. The summed E-state index contributed by atoms with van der Waals surface area (Å²) >= 11 is 5.70. The van der Waals surface area contributed by atoms with E-state index in [0.717, 1.165) is 5.56 Å². The molecule has 2 aromatic rings. The van der Waals surface area contributed by atoms with E-state index in [4.69, 9.17) is 22.3 Å². The molecule has 0 spiro atoms. The fraction of sp³-hybridized carbons (Fsp3) is 0.0714.